The van der Waals surface area contributed by atoms with Gasteiger partial charge in [-0.25, -0.2) is 8.42 Å². The van der Waals surface area contributed by atoms with Gasteiger partial charge in [0.25, 0.3) is 0 Å². The molecule has 0 aromatic heterocycles. The zero-order valence-corrected chi connectivity index (χ0v) is 11.7. The first kappa shape index (κ1) is 14.0. The first-order valence-electron chi connectivity index (χ1n) is 6.19. The van der Waals surface area contributed by atoms with Crippen molar-refractivity contribution < 1.29 is 13.2 Å². The second-order valence-electron chi connectivity index (χ2n) is 5.09. The molecule has 0 unspecified atom stereocenters. The van der Waals surface area contributed by atoms with Crippen LogP contribution in [0.5, 0.6) is 0 Å². The van der Waals surface area contributed by atoms with Crippen LogP contribution in [0.2, 0.25) is 0 Å². The third kappa shape index (κ3) is 2.79. The van der Waals surface area contributed by atoms with Crippen molar-refractivity contribution in [1.82, 2.24) is 0 Å². The van der Waals surface area contributed by atoms with E-state index in [0.29, 0.717) is 12.2 Å². The number of hydrogen-bond donors (Lipinski definition) is 2. The highest BCUT2D eigenvalue weighted by Gasteiger charge is 2.42. The number of hydrogen-bond acceptors (Lipinski definition) is 4. The Labute approximate surface area is 113 Å². The maximum Gasteiger partial charge on any atom is 0.231 e. The van der Waals surface area contributed by atoms with Crippen LogP contribution in [0.4, 0.5) is 5.69 Å². The Morgan fingerprint density at radius 3 is 2.58 bits per heavy atom. The summed E-state index contributed by atoms with van der Waals surface area (Å²) in [7, 11) is -3.27. The molecule has 1 amide bonds. The average Bonchev–Trinajstić information content (AvgIpc) is 2.27. The molecule has 1 aromatic carbocycles. The fourth-order valence-electron chi connectivity index (χ4n) is 2.20. The SMILES string of the molecule is CS(=O)(=O)c1cccc(NC(=O)C2(CN)CCC2)c1. The highest BCUT2D eigenvalue weighted by Crippen LogP contribution is 2.40. The van der Waals surface area contributed by atoms with Crippen LogP contribution in [0.15, 0.2) is 29.2 Å². The van der Waals surface area contributed by atoms with Gasteiger partial charge in [0.2, 0.25) is 5.91 Å². The number of sulfone groups is 1. The predicted molar refractivity (Wildman–Crippen MR) is 73.5 cm³/mol. The van der Waals surface area contributed by atoms with E-state index in [9.17, 15) is 13.2 Å². The van der Waals surface area contributed by atoms with Gasteiger partial charge in [-0.15, -0.1) is 0 Å². The molecular weight excluding hydrogens is 264 g/mol. The zero-order valence-electron chi connectivity index (χ0n) is 10.8. The first-order chi connectivity index (χ1) is 8.87. The summed E-state index contributed by atoms with van der Waals surface area (Å²) < 4.78 is 22.9. The predicted octanol–water partition coefficient (Wildman–Crippen LogP) is 1.16. The number of amides is 1. The quantitative estimate of drug-likeness (QED) is 0.867. The highest BCUT2D eigenvalue weighted by atomic mass is 32.2. The van der Waals surface area contributed by atoms with Gasteiger partial charge < -0.3 is 11.1 Å². The van der Waals surface area contributed by atoms with Gasteiger partial charge in [-0.3, -0.25) is 4.79 Å². The minimum Gasteiger partial charge on any atom is -0.329 e. The van der Waals surface area contributed by atoms with Crippen LogP contribution < -0.4 is 11.1 Å². The van der Waals surface area contributed by atoms with Gasteiger partial charge in [0.05, 0.1) is 10.3 Å². The number of anilines is 1. The van der Waals surface area contributed by atoms with Crippen molar-refractivity contribution in [2.75, 3.05) is 18.1 Å². The lowest BCUT2D eigenvalue weighted by Crippen LogP contribution is -2.47. The van der Waals surface area contributed by atoms with Gasteiger partial charge in [0.15, 0.2) is 9.84 Å². The number of carbonyl (C=O) groups is 1. The molecule has 3 N–H and O–H groups in total. The van der Waals surface area contributed by atoms with Crippen LogP contribution in [-0.2, 0) is 14.6 Å². The molecule has 1 fully saturated rings. The Balaban J connectivity index is 2.18. The summed E-state index contributed by atoms with van der Waals surface area (Å²) in [6, 6.07) is 6.26. The van der Waals surface area contributed by atoms with Gasteiger partial charge in [-0.1, -0.05) is 12.5 Å². The van der Waals surface area contributed by atoms with E-state index in [-0.39, 0.29) is 10.8 Å². The maximum absolute atomic E-state index is 12.2. The van der Waals surface area contributed by atoms with Gasteiger partial charge >= 0.3 is 0 Å². The van der Waals surface area contributed by atoms with Crippen LogP contribution in [0.1, 0.15) is 19.3 Å². The van der Waals surface area contributed by atoms with E-state index in [1.54, 1.807) is 12.1 Å². The van der Waals surface area contributed by atoms with Crippen molar-refractivity contribution in [3.05, 3.63) is 24.3 Å². The fraction of sp³-hybridized carbons (Fsp3) is 0.462. The van der Waals surface area contributed by atoms with Gasteiger partial charge in [-0.2, -0.15) is 0 Å². The molecule has 1 aromatic rings. The smallest absolute Gasteiger partial charge is 0.231 e. The minimum atomic E-state index is -3.27. The topological polar surface area (TPSA) is 89.3 Å². The van der Waals surface area contributed by atoms with Crippen molar-refractivity contribution in [2.45, 2.75) is 24.2 Å². The Morgan fingerprint density at radius 1 is 1.42 bits per heavy atom. The molecule has 5 nitrogen and oxygen atoms in total. The molecule has 0 bridgehead atoms. The minimum absolute atomic E-state index is 0.119. The van der Waals surface area contributed by atoms with E-state index in [1.165, 1.54) is 12.1 Å². The summed E-state index contributed by atoms with van der Waals surface area (Å²) in [5.41, 5.74) is 5.69. The molecule has 6 heteroatoms. The molecule has 0 saturated heterocycles. The Kier molecular flexibility index (Phi) is 3.64. The molecule has 2 rings (SSSR count). The van der Waals surface area contributed by atoms with E-state index >= 15 is 0 Å². The number of nitrogens with two attached hydrogens (primary N) is 1. The van der Waals surface area contributed by atoms with Gasteiger partial charge in [0, 0.05) is 18.5 Å². The molecule has 1 aliphatic rings. The van der Waals surface area contributed by atoms with Crippen molar-refractivity contribution in [3.63, 3.8) is 0 Å². The maximum atomic E-state index is 12.2. The fourth-order valence-corrected chi connectivity index (χ4v) is 2.86. The largest absolute Gasteiger partial charge is 0.329 e. The normalized spacial score (nSPS) is 17.6. The third-order valence-corrected chi connectivity index (χ3v) is 4.81. The molecule has 0 heterocycles. The average molecular weight is 282 g/mol. The Morgan fingerprint density at radius 2 is 2.11 bits per heavy atom. The van der Waals surface area contributed by atoms with E-state index in [2.05, 4.69) is 5.32 Å². The van der Waals surface area contributed by atoms with Crippen molar-refractivity contribution in [2.24, 2.45) is 11.1 Å². The van der Waals surface area contributed by atoms with E-state index in [0.717, 1.165) is 25.5 Å². The number of benzene rings is 1. The van der Waals surface area contributed by atoms with Gasteiger partial charge in [-0.05, 0) is 31.0 Å². The van der Waals surface area contributed by atoms with E-state index in [4.69, 9.17) is 5.73 Å². The van der Waals surface area contributed by atoms with Crippen LogP contribution >= 0.6 is 0 Å². The van der Waals surface area contributed by atoms with Crippen LogP contribution in [0, 0.1) is 5.41 Å². The second kappa shape index (κ2) is 4.94. The molecule has 1 aliphatic carbocycles. The molecule has 0 atom stereocenters. The Bertz CT molecular complexity index is 586. The van der Waals surface area contributed by atoms with Crippen molar-refractivity contribution in [3.8, 4) is 0 Å². The van der Waals surface area contributed by atoms with Crippen LogP contribution in [0.25, 0.3) is 0 Å². The second-order valence-corrected chi connectivity index (χ2v) is 7.11. The molecule has 0 aliphatic heterocycles. The monoisotopic (exact) mass is 282 g/mol. The molecule has 0 radical (unpaired) electrons. The lowest BCUT2D eigenvalue weighted by atomic mass is 9.68. The number of carbonyl (C=O) groups excluding carboxylic acids is 1. The van der Waals surface area contributed by atoms with Crippen molar-refractivity contribution >= 4 is 21.4 Å². The first-order valence-corrected chi connectivity index (χ1v) is 8.08. The molecule has 19 heavy (non-hydrogen) atoms. The summed E-state index contributed by atoms with van der Waals surface area (Å²) in [5.74, 6) is -0.119. The molecular formula is C13H18N2O3S. The molecule has 0 spiro atoms. The Hall–Kier alpha value is -1.40. The number of rotatable bonds is 4. The van der Waals surface area contributed by atoms with E-state index < -0.39 is 15.3 Å². The summed E-state index contributed by atoms with van der Waals surface area (Å²) in [5, 5.41) is 2.76. The standard InChI is InChI=1S/C13H18N2O3S/c1-19(17,18)11-5-2-4-10(8-11)15-12(16)13(9-14)6-3-7-13/h2,4-5,8H,3,6-7,9,14H2,1H3,(H,15,16). The third-order valence-electron chi connectivity index (χ3n) is 3.70. The summed E-state index contributed by atoms with van der Waals surface area (Å²) >= 11 is 0. The zero-order chi connectivity index (χ0) is 14.1. The van der Waals surface area contributed by atoms with Crippen molar-refractivity contribution in [1.29, 1.82) is 0 Å². The highest BCUT2D eigenvalue weighted by molar-refractivity contribution is 7.90. The van der Waals surface area contributed by atoms with Crippen LogP contribution in [0.3, 0.4) is 0 Å². The molecule has 104 valence electrons. The van der Waals surface area contributed by atoms with Gasteiger partial charge in [0.1, 0.15) is 0 Å². The summed E-state index contributed by atoms with van der Waals surface area (Å²) in [4.78, 5) is 12.4. The number of nitrogens with one attached hydrogen (secondary N) is 1. The lowest BCUT2D eigenvalue weighted by molar-refractivity contribution is -0.129. The van der Waals surface area contributed by atoms with Crippen LogP contribution in [-0.4, -0.2) is 27.1 Å². The molecule has 1 saturated carbocycles. The lowest BCUT2D eigenvalue weighted by Gasteiger charge is -2.39. The summed E-state index contributed by atoms with van der Waals surface area (Å²) in [6.07, 6.45) is 3.73. The van der Waals surface area contributed by atoms with E-state index in [1.807, 2.05) is 0 Å². The summed E-state index contributed by atoms with van der Waals surface area (Å²) in [6.45, 7) is 0.324.